The summed E-state index contributed by atoms with van der Waals surface area (Å²) in [5, 5.41) is 9.59. The van der Waals surface area contributed by atoms with Gasteiger partial charge in [-0.1, -0.05) is 19.9 Å². The maximum absolute atomic E-state index is 9.59. The molecule has 1 N–H and O–H groups in total. The molecule has 2 nitrogen and oxygen atoms in total. The molecule has 94 valence electrons. The van der Waals surface area contributed by atoms with Crippen molar-refractivity contribution in [3.8, 4) is 5.75 Å². The van der Waals surface area contributed by atoms with Crippen molar-refractivity contribution in [3.63, 3.8) is 0 Å². The Morgan fingerprint density at radius 3 is 2.94 bits per heavy atom. The van der Waals surface area contributed by atoms with Crippen LogP contribution < -0.4 is 0 Å². The normalized spacial score (nSPS) is 21.6. The molecular formula is C15H23NO. The highest BCUT2D eigenvalue weighted by molar-refractivity contribution is 5.37. The van der Waals surface area contributed by atoms with Gasteiger partial charge in [-0.25, -0.2) is 0 Å². The highest BCUT2D eigenvalue weighted by Gasteiger charge is 2.17. The lowest BCUT2D eigenvalue weighted by atomic mass is 9.89. The summed E-state index contributed by atoms with van der Waals surface area (Å²) in [4.78, 5) is 2.56. The van der Waals surface area contributed by atoms with Crippen LogP contribution in [-0.2, 0) is 6.42 Å². The Morgan fingerprint density at radius 2 is 2.18 bits per heavy atom. The molecule has 0 bridgehead atoms. The van der Waals surface area contributed by atoms with Crippen molar-refractivity contribution in [1.82, 2.24) is 4.90 Å². The Kier molecular flexibility index (Phi) is 4.06. The van der Waals surface area contributed by atoms with Gasteiger partial charge >= 0.3 is 0 Å². The van der Waals surface area contributed by atoms with Gasteiger partial charge in [-0.2, -0.15) is 0 Å². The van der Waals surface area contributed by atoms with Crippen LogP contribution in [-0.4, -0.2) is 29.6 Å². The first-order chi connectivity index (χ1) is 8.20. The summed E-state index contributed by atoms with van der Waals surface area (Å²) < 4.78 is 0. The van der Waals surface area contributed by atoms with E-state index in [2.05, 4.69) is 24.8 Å². The zero-order valence-corrected chi connectivity index (χ0v) is 10.9. The van der Waals surface area contributed by atoms with Crippen molar-refractivity contribution in [2.45, 2.75) is 39.0 Å². The minimum atomic E-state index is 0.404. The molecular weight excluding hydrogens is 210 g/mol. The Labute approximate surface area is 104 Å². The fraction of sp³-hybridized carbons (Fsp3) is 0.600. The zero-order valence-electron chi connectivity index (χ0n) is 10.9. The van der Waals surface area contributed by atoms with Crippen LogP contribution in [0, 0.1) is 0 Å². The van der Waals surface area contributed by atoms with Crippen LogP contribution in [0.5, 0.6) is 5.75 Å². The molecule has 17 heavy (non-hydrogen) atoms. The Hall–Kier alpha value is -1.02. The summed E-state index contributed by atoms with van der Waals surface area (Å²) in [6.07, 6.45) is 3.53. The quantitative estimate of drug-likeness (QED) is 0.848. The largest absolute Gasteiger partial charge is 0.508 e. The van der Waals surface area contributed by atoms with E-state index in [1.807, 2.05) is 12.1 Å². The summed E-state index contributed by atoms with van der Waals surface area (Å²) >= 11 is 0. The topological polar surface area (TPSA) is 23.5 Å². The molecule has 1 heterocycles. The molecule has 2 heteroatoms. The van der Waals surface area contributed by atoms with Crippen LogP contribution in [0.3, 0.4) is 0 Å². The SMILES string of the molecule is CCCN1CCc2ccc(O)cc2[C@@H](C)CC1. The molecule has 1 aromatic rings. The first-order valence-electron chi connectivity index (χ1n) is 6.75. The fourth-order valence-electron chi connectivity index (χ4n) is 2.73. The molecule has 0 saturated carbocycles. The van der Waals surface area contributed by atoms with E-state index in [1.165, 1.54) is 37.1 Å². The summed E-state index contributed by atoms with van der Waals surface area (Å²) in [7, 11) is 0. The molecule has 1 aromatic carbocycles. The average Bonchev–Trinajstić information content (AvgIpc) is 2.31. The van der Waals surface area contributed by atoms with E-state index in [0.717, 1.165) is 13.0 Å². The minimum Gasteiger partial charge on any atom is -0.508 e. The maximum atomic E-state index is 9.59. The summed E-state index contributed by atoms with van der Waals surface area (Å²) in [6.45, 7) is 8.06. The van der Waals surface area contributed by atoms with E-state index in [-0.39, 0.29) is 0 Å². The van der Waals surface area contributed by atoms with Crippen molar-refractivity contribution in [2.24, 2.45) is 0 Å². The first kappa shape index (κ1) is 12.4. The second-order valence-electron chi connectivity index (χ2n) is 5.16. The van der Waals surface area contributed by atoms with Gasteiger partial charge in [-0.3, -0.25) is 0 Å². The molecule has 1 aliphatic rings. The standard InChI is InChI=1S/C15H23NO/c1-3-8-16-9-6-12(2)15-11-14(17)5-4-13(15)7-10-16/h4-5,11-12,17H,3,6-10H2,1-2H3/t12-/m0/s1. The van der Waals surface area contributed by atoms with Gasteiger partial charge in [0.15, 0.2) is 0 Å². The van der Waals surface area contributed by atoms with Gasteiger partial charge in [0, 0.05) is 6.54 Å². The number of rotatable bonds is 2. The van der Waals surface area contributed by atoms with Crippen molar-refractivity contribution < 1.29 is 5.11 Å². The number of fused-ring (bicyclic) bond motifs is 1. The van der Waals surface area contributed by atoms with Crippen LogP contribution in [0.1, 0.15) is 43.7 Å². The monoisotopic (exact) mass is 233 g/mol. The Morgan fingerprint density at radius 1 is 1.35 bits per heavy atom. The lowest BCUT2D eigenvalue weighted by Crippen LogP contribution is -2.30. The van der Waals surface area contributed by atoms with Crippen LogP contribution in [0.15, 0.2) is 18.2 Å². The molecule has 0 amide bonds. The van der Waals surface area contributed by atoms with Gasteiger partial charge < -0.3 is 10.0 Å². The summed E-state index contributed by atoms with van der Waals surface area (Å²) in [5.41, 5.74) is 2.76. The van der Waals surface area contributed by atoms with Gasteiger partial charge in [0.05, 0.1) is 0 Å². The second kappa shape index (κ2) is 5.54. The van der Waals surface area contributed by atoms with E-state index in [4.69, 9.17) is 0 Å². The molecule has 0 saturated heterocycles. The van der Waals surface area contributed by atoms with Crippen LogP contribution in [0.4, 0.5) is 0 Å². The summed E-state index contributed by atoms with van der Waals surface area (Å²) in [6, 6.07) is 5.86. The molecule has 0 fully saturated rings. The number of aromatic hydroxyl groups is 1. The number of hydrogen-bond donors (Lipinski definition) is 1. The molecule has 0 aromatic heterocycles. The number of benzene rings is 1. The second-order valence-corrected chi connectivity index (χ2v) is 5.16. The lowest BCUT2D eigenvalue weighted by Gasteiger charge is -2.28. The Balaban J connectivity index is 2.18. The molecule has 0 radical (unpaired) electrons. The van der Waals surface area contributed by atoms with E-state index in [0.29, 0.717) is 11.7 Å². The highest BCUT2D eigenvalue weighted by atomic mass is 16.3. The van der Waals surface area contributed by atoms with Crippen LogP contribution in [0.2, 0.25) is 0 Å². The minimum absolute atomic E-state index is 0.404. The zero-order chi connectivity index (χ0) is 12.3. The van der Waals surface area contributed by atoms with Gasteiger partial charge in [0.25, 0.3) is 0 Å². The molecule has 0 unspecified atom stereocenters. The van der Waals surface area contributed by atoms with Gasteiger partial charge in [0.2, 0.25) is 0 Å². The van der Waals surface area contributed by atoms with E-state index >= 15 is 0 Å². The number of nitrogens with zero attached hydrogens (tertiary/aromatic N) is 1. The van der Waals surface area contributed by atoms with Gasteiger partial charge in [-0.05, 0) is 61.5 Å². The van der Waals surface area contributed by atoms with Crippen molar-refractivity contribution in [1.29, 1.82) is 0 Å². The number of phenolic OH excluding ortho intramolecular Hbond substituents is 1. The van der Waals surface area contributed by atoms with E-state index < -0.39 is 0 Å². The fourth-order valence-corrected chi connectivity index (χ4v) is 2.73. The first-order valence-corrected chi connectivity index (χ1v) is 6.75. The molecule has 0 aliphatic carbocycles. The smallest absolute Gasteiger partial charge is 0.115 e. The highest BCUT2D eigenvalue weighted by Crippen LogP contribution is 2.29. The average molecular weight is 233 g/mol. The predicted octanol–water partition coefficient (Wildman–Crippen LogP) is 3.15. The molecule has 1 atom stereocenters. The van der Waals surface area contributed by atoms with E-state index in [1.54, 1.807) is 0 Å². The molecule has 2 rings (SSSR count). The number of hydrogen-bond acceptors (Lipinski definition) is 2. The third-order valence-corrected chi connectivity index (χ3v) is 3.78. The molecule has 1 aliphatic heterocycles. The third kappa shape index (κ3) is 3.01. The third-order valence-electron chi connectivity index (χ3n) is 3.78. The Bertz CT molecular complexity index is 375. The van der Waals surface area contributed by atoms with Crippen LogP contribution >= 0.6 is 0 Å². The number of phenols is 1. The lowest BCUT2D eigenvalue weighted by molar-refractivity contribution is 0.262. The van der Waals surface area contributed by atoms with Gasteiger partial charge in [0.1, 0.15) is 5.75 Å². The van der Waals surface area contributed by atoms with Crippen molar-refractivity contribution in [2.75, 3.05) is 19.6 Å². The van der Waals surface area contributed by atoms with Crippen LogP contribution in [0.25, 0.3) is 0 Å². The maximum Gasteiger partial charge on any atom is 0.115 e. The van der Waals surface area contributed by atoms with Crippen molar-refractivity contribution in [3.05, 3.63) is 29.3 Å². The van der Waals surface area contributed by atoms with Gasteiger partial charge in [-0.15, -0.1) is 0 Å². The predicted molar refractivity (Wildman–Crippen MR) is 71.6 cm³/mol. The summed E-state index contributed by atoms with van der Waals surface area (Å²) in [5.74, 6) is 0.957. The van der Waals surface area contributed by atoms with E-state index in [9.17, 15) is 5.11 Å². The molecule has 0 spiro atoms. The van der Waals surface area contributed by atoms with Crippen molar-refractivity contribution >= 4 is 0 Å².